The summed E-state index contributed by atoms with van der Waals surface area (Å²) in [7, 11) is 2.21. The Bertz CT molecular complexity index is 223. The Kier molecular flexibility index (Phi) is 7.96. The van der Waals surface area contributed by atoms with E-state index in [-0.39, 0.29) is 6.10 Å². The smallest absolute Gasteiger partial charge is 0.0524 e. The minimum Gasteiger partial charge on any atom is -0.393 e. The first-order chi connectivity index (χ1) is 9.08. The van der Waals surface area contributed by atoms with E-state index < -0.39 is 0 Å². The summed E-state index contributed by atoms with van der Waals surface area (Å²) in [6.07, 6.45) is 9.01. The summed E-state index contributed by atoms with van der Waals surface area (Å²) in [5.41, 5.74) is 0.458. The summed E-state index contributed by atoms with van der Waals surface area (Å²) in [5.74, 6) is 0. The molecule has 0 aromatic heterocycles. The van der Waals surface area contributed by atoms with Crippen molar-refractivity contribution in [2.24, 2.45) is 5.41 Å². The molecule has 2 N–H and O–H groups in total. The number of nitrogens with zero attached hydrogens (tertiary/aromatic N) is 1. The first-order valence-corrected chi connectivity index (χ1v) is 8.15. The van der Waals surface area contributed by atoms with Gasteiger partial charge in [-0.2, -0.15) is 0 Å². The molecule has 0 spiro atoms. The van der Waals surface area contributed by atoms with Crippen LogP contribution >= 0.6 is 0 Å². The van der Waals surface area contributed by atoms with Gasteiger partial charge in [-0.25, -0.2) is 0 Å². The Labute approximate surface area is 119 Å². The Morgan fingerprint density at radius 3 is 2.37 bits per heavy atom. The largest absolute Gasteiger partial charge is 0.393 e. The Hall–Kier alpha value is -0.120. The van der Waals surface area contributed by atoms with Crippen LogP contribution in [0.4, 0.5) is 0 Å². The predicted octanol–water partition coefficient (Wildman–Crippen LogP) is 2.64. The highest BCUT2D eigenvalue weighted by Crippen LogP contribution is 2.35. The third-order valence-electron chi connectivity index (χ3n) is 4.45. The summed E-state index contributed by atoms with van der Waals surface area (Å²) < 4.78 is 0. The molecule has 19 heavy (non-hydrogen) atoms. The van der Waals surface area contributed by atoms with Gasteiger partial charge in [-0.3, -0.25) is 0 Å². The van der Waals surface area contributed by atoms with Crippen LogP contribution < -0.4 is 5.32 Å². The molecule has 3 heteroatoms. The number of hydrogen-bond donors (Lipinski definition) is 2. The van der Waals surface area contributed by atoms with Crippen molar-refractivity contribution < 1.29 is 5.11 Å². The summed E-state index contributed by atoms with van der Waals surface area (Å²) in [6, 6.07) is 0. The highest BCUT2D eigenvalue weighted by Gasteiger charge is 2.31. The third-order valence-corrected chi connectivity index (χ3v) is 4.45. The van der Waals surface area contributed by atoms with E-state index >= 15 is 0 Å². The lowest BCUT2D eigenvalue weighted by atomic mass is 9.79. The Morgan fingerprint density at radius 1 is 1.21 bits per heavy atom. The zero-order valence-corrected chi connectivity index (χ0v) is 13.2. The average molecular weight is 270 g/mol. The highest BCUT2D eigenvalue weighted by atomic mass is 16.3. The second-order valence-electron chi connectivity index (χ2n) is 6.57. The lowest BCUT2D eigenvalue weighted by molar-refractivity contribution is 0.121. The molecule has 0 aliphatic heterocycles. The van der Waals surface area contributed by atoms with Crippen molar-refractivity contribution in [3.8, 4) is 0 Å². The molecular weight excluding hydrogens is 236 g/mol. The van der Waals surface area contributed by atoms with Crippen molar-refractivity contribution in [2.75, 3.05) is 33.2 Å². The number of rotatable bonds is 8. The van der Waals surface area contributed by atoms with Gasteiger partial charge in [0.1, 0.15) is 0 Å². The van der Waals surface area contributed by atoms with E-state index in [4.69, 9.17) is 0 Å². The minimum atomic E-state index is -0.179. The fraction of sp³-hybridized carbons (Fsp3) is 1.00. The lowest BCUT2D eigenvalue weighted by Crippen LogP contribution is -2.43. The molecule has 1 aliphatic rings. The molecule has 1 unspecified atom stereocenters. The lowest BCUT2D eigenvalue weighted by Gasteiger charge is -2.37. The van der Waals surface area contributed by atoms with E-state index in [2.05, 4.69) is 24.2 Å². The Morgan fingerprint density at radius 2 is 1.84 bits per heavy atom. The standard InChI is InChI=1S/C16H34N2O/c1-4-17-13-16(10-7-5-6-8-11-16)14-18(3)12-9-15(2)19/h15,17,19H,4-14H2,1-3H3. The average Bonchev–Trinajstić information content (AvgIpc) is 2.60. The molecule has 1 rings (SSSR count). The first kappa shape index (κ1) is 16.9. The van der Waals surface area contributed by atoms with Gasteiger partial charge in [0.25, 0.3) is 0 Å². The van der Waals surface area contributed by atoms with E-state index in [0.717, 1.165) is 26.1 Å². The maximum absolute atomic E-state index is 9.42. The van der Waals surface area contributed by atoms with Crippen molar-refractivity contribution in [1.82, 2.24) is 10.2 Å². The SMILES string of the molecule is CCNCC1(CN(C)CCC(C)O)CCCCCC1. The molecule has 1 atom stereocenters. The topological polar surface area (TPSA) is 35.5 Å². The fourth-order valence-corrected chi connectivity index (χ4v) is 3.32. The molecule has 1 saturated carbocycles. The van der Waals surface area contributed by atoms with Crippen LogP contribution in [0, 0.1) is 5.41 Å². The monoisotopic (exact) mass is 270 g/mol. The van der Waals surface area contributed by atoms with Crippen molar-refractivity contribution >= 4 is 0 Å². The quantitative estimate of drug-likeness (QED) is 0.666. The van der Waals surface area contributed by atoms with Gasteiger partial charge < -0.3 is 15.3 Å². The number of nitrogens with one attached hydrogen (secondary N) is 1. The van der Waals surface area contributed by atoms with Crippen LogP contribution in [-0.2, 0) is 0 Å². The molecule has 0 bridgehead atoms. The van der Waals surface area contributed by atoms with Gasteiger partial charge in [0.15, 0.2) is 0 Å². The fourth-order valence-electron chi connectivity index (χ4n) is 3.32. The molecule has 1 fully saturated rings. The van der Waals surface area contributed by atoms with Gasteiger partial charge in [-0.1, -0.05) is 32.6 Å². The van der Waals surface area contributed by atoms with Gasteiger partial charge in [0.05, 0.1) is 6.10 Å². The molecular formula is C16H34N2O. The maximum atomic E-state index is 9.42. The van der Waals surface area contributed by atoms with E-state index in [0.29, 0.717) is 5.41 Å². The van der Waals surface area contributed by atoms with Crippen molar-refractivity contribution in [1.29, 1.82) is 0 Å². The molecule has 0 amide bonds. The third kappa shape index (κ3) is 6.73. The van der Waals surface area contributed by atoms with Crippen LogP contribution in [0.3, 0.4) is 0 Å². The van der Waals surface area contributed by atoms with Gasteiger partial charge >= 0.3 is 0 Å². The summed E-state index contributed by atoms with van der Waals surface area (Å²) >= 11 is 0. The number of aliphatic hydroxyl groups is 1. The van der Waals surface area contributed by atoms with Crippen LogP contribution in [0.25, 0.3) is 0 Å². The van der Waals surface area contributed by atoms with Crippen molar-refractivity contribution in [3.63, 3.8) is 0 Å². The molecule has 0 aromatic rings. The van der Waals surface area contributed by atoms with E-state index in [1.165, 1.54) is 45.1 Å². The van der Waals surface area contributed by atoms with Crippen molar-refractivity contribution in [3.05, 3.63) is 0 Å². The van der Waals surface area contributed by atoms with Gasteiger partial charge in [-0.15, -0.1) is 0 Å². The molecule has 3 nitrogen and oxygen atoms in total. The second-order valence-corrected chi connectivity index (χ2v) is 6.57. The predicted molar refractivity (Wildman–Crippen MR) is 82.5 cm³/mol. The molecule has 0 saturated heterocycles. The highest BCUT2D eigenvalue weighted by molar-refractivity contribution is 4.86. The molecule has 0 heterocycles. The summed E-state index contributed by atoms with van der Waals surface area (Å²) in [5, 5.41) is 13.0. The molecule has 114 valence electrons. The number of aliphatic hydroxyl groups excluding tert-OH is 1. The molecule has 1 aliphatic carbocycles. The van der Waals surface area contributed by atoms with Crippen LogP contribution in [0.2, 0.25) is 0 Å². The number of hydrogen-bond acceptors (Lipinski definition) is 3. The zero-order valence-electron chi connectivity index (χ0n) is 13.2. The minimum absolute atomic E-state index is 0.179. The van der Waals surface area contributed by atoms with E-state index in [1.807, 2.05) is 6.92 Å². The van der Waals surface area contributed by atoms with Crippen LogP contribution in [-0.4, -0.2) is 49.3 Å². The van der Waals surface area contributed by atoms with Crippen LogP contribution in [0.5, 0.6) is 0 Å². The zero-order chi connectivity index (χ0) is 14.1. The molecule has 0 radical (unpaired) electrons. The second kappa shape index (κ2) is 8.93. The van der Waals surface area contributed by atoms with Crippen LogP contribution in [0.1, 0.15) is 58.8 Å². The summed E-state index contributed by atoms with van der Waals surface area (Å²) in [4.78, 5) is 2.43. The van der Waals surface area contributed by atoms with Gasteiger partial charge in [0, 0.05) is 19.6 Å². The Balaban J connectivity index is 2.51. The summed E-state index contributed by atoms with van der Waals surface area (Å²) in [6.45, 7) is 8.48. The van der Waals surface area contributed by atoms with E-state index in [9.17, 15) is 5.11 Å². The van der Waals surface area contributed by atoms with E-state index in [1.54, 1.807) is 0 Å². The van der Waals surface area contributed by atoms with Crippen LogP contribution in [0.15, 0.2) is 0 Å². The molecule has 0 aromatic carbocycles. The van der Waals surface area contributed by atoms with Crippen molar-refractivity contribution in [2.45, 2.75) is 64.9 Å². The van der Waals surface area contributed by atoms with Gasteiger partial charge in [0.2, 0.25) is 0 Å². The van der Waals surface area contributed by atoms with Gasteiger partial charge in [-0.05, 0) is 45.2 Å². The normalized spacial score (nSPS) is 21.3. The first-order valence-electron chi connectivity index (χ1n) is 8.15. The maximum Gasteiger partial charge on any atom is 0.0524 e.